The van der Waals surface area contributed by atoms with E-state index >= 15 is 0 Å². The molecule has 0 saturated carbocycles. The summed E-state index contributed by atoms with van der Waals surface area (Å²) in [6.45, 7) is 6.55. The zero-order valence-electron chi connectivity index (χ0n) is 11.3. The van der Waals surface area contributed by atoms with Crippen molar-refractivity contribution >= 4 is 21.4 Å². The maximum atomic E-state index is 12.1. The van der Waals surface area contributed by atoms with Crippen LogP contribution in [0.3, 0.4) is 0 Å². The lowest BCUT2D eigenvalue weighted by molar-refractivity contribution is 0.514. The lowest BCUT2D eigenvalue weighted by atomic mass is 9.98. The number of aryl methyl sites for hydroxylation is 1. The van der Waals surface area contributed by atoms with Gasteiger partial charge < -0.3 is 5.32 Å². The molecule has 1 aromatic rings. The first kappa shape index (κ1) is 13.2. The highest BCUT2D eigenvalue weighted by molar-refractivity contribution is 7.92. The molecule has 0 radical (unpaired) electrons. The van der Waals surface area contributed by atoms with E-state index in [1.54, 1.807) is 0 Å². The van der Waals surface area contributed by atoms with Gasteiger partial charge in [-0.25, -0.2) is 8.42 Å². The molecule has 0 aliphatic carbocycles. The molecule has 0 unspecified atom stereocenters. The average molecular weight is 268 g/mol. The monoisotopic (exact) mass is 268 g/mol. The third-order valence-corrected chi connectivity index (χ3v) is 4.66. The Bertz CT molecular complexity index is 564. The summed E-state index contributed by atoms with van der Waals surface area (Å²) in [6.07, 6.45) is 2.15. The first-order chi connectivity index (χ1) is 8.27. The van der Waals surface area contributed by atoms with Crippen molar-refractivity contribution in [1.29, 1.82) is 0 Å². The van der Waals surface area contributed by atoms with Crippen molar-refractivity contribution in [1.82, 2.24) is 0 Å². The number of rotatable bonds is 2. The Morgan fingerprint density at radius 1 is 1.39 bits per heavy atom. The third kappa shape index (κ3) is 2.07. The van der Waals surface area contributed by atoms with Gasteiger partial charge in [0.2, 0.25) is 10.0 Å². The summed E-state index contributed by atoms with van der Waals surface area (Å²) >= 11 is 0. The summed E-state index contributed by atoms with van der Waals surface area (Å²) in [7, 11) is -3.28. The van der Waals surface area contributed by atoms with Crippen molar-refractivity contribution in [3.8, 4) is 0 Å². The molecule has 1 N–H and O–H groups in total. The Hall–Kier alpha value is -1.23. The van der Waals surface area contributed by atoms with E-state index in [0.29, 0.717) is 6.54 Å². The largest absolute Gasteiger partial charge is 0.381 e. The molecule has 100 valence electrons. The number of nitrogens with one attached hydrogen (secondary N) is 1. The van der Waals surface area contributed by atoms with Gasteiger partial charge in [-0.2, -0.15) is 0 Å². The highest BCUT2D eigenvalue weighted by Crippen LogP contribution is 2.39. The van der Waals surface area contributed by atoms with Crippen LogP contribution in [0.4, 0.5) is 11.4 Å². The number of sulfonamides is 1. The van der Waals surface area contributed by atoms with Crippen molar-refractivity contribution in [2.24, 2.45) is 0 Å². The van der Waals surface area contributed by atoms with Gasteiger partial charge in [-0.3, -0.25) is 4.31 Å². The molecule has 0 aromatic heterocycles. The third-order valence-electron chi connectivity index (χ3n) is 3.31. The molecule has 1 aliphatic rings. The van der Waals surface area contributed by atoms with Gasteiger partial charge in [-0.1, -0.05) is 19.1 Å². The van der Waals surface area contributed by atoms with Gasteiger partial charge in [0.1, 0.15) is 0 Å². The van der Waals surface area contributed by atoms with E-state index in [-0.39, 0.29) is 0 Å². The minimum absolute atomic E-state index is 0.451. The molecule has 1 aromatic carbocycles. The van der Waals surface area contributed by atoms with Crippen molar-refractivity contribution < 1.29 is 8.42 Å². The number of para-hydroxylation sites is 1. The van der Waals surface area contributed by atoms with Crippen LogP contribution in [0, 0.1) is 0 Å². The van der Waals surface area contributed by atoms with Crippen LogP contribution in [0.2, 0.25) is 0 Å². The van der Waals surface area contributed by atoms with Crippen LogP contribution >= 0.6 is 0 Å². The second-order valence-electron chi connectivity index (χ2n) is 5.36. The summed E-state index contributed by atoms with van der Waals surface area (Å²) in [6, 6.07) is 5.81. The van der Waals surface area contributed by atoms with Crippen LogP contribution in [-0.2, 0) is 16.4 Å². The fraction of sp³-hybridized carbons (Fsp3) is 0.538. The number of fused-ring (bicyclic) bond motifs is 1. The fourth-order valence-electron chi connectivity index (χ4n) is 2.58. The zero-order valence-corrected chi connectivity index (χ0v) is 12.1. The first-order valence-corrected chi connectivity index (χ1v) is 7.98. The molecule has 18 heavy (non-hydrogen) atoms. The van der Waals surface area contributed by atoms with Gasteiger partial charge >= 0.3 is 0 Å². The number of benzene rings is 1. The second kappa shape index (κ2) is 4.16. The summed E-state index contributed by atoms with van der Waals surface area (Å²) in [5.74, 6) is 0. The highest BCUT2D eigenvalue weighted by Gasteiger charge is 2.38. The SMILES string of the molecule is CCc1cccc2c1NCC(C)(C)N2S(C)(=O)=O. The summed E-state index contributed by atoms with van der Waals surface area (Å²) in [5, 5.41) is 3.37. The van der Waals surface area contributed by atoms with Crippen molar-refractivity contribution in [3.05, 3.63) is 23.8 Å². The number of hydrogen-bond donors (Lipinski definition) is 1. The van der Waals surface area contributed by atoms with Gasteiger partial charge in [-0.05, 0) is 31.9 Å². The molecule has 0 saturated heterocycles. The molecule has 1 aliphatic heterocycles. The highest BCUT2D eigenvalue weighted by atomic mass is 32.2. The lowest BCUT2D eigenvalue weighted by Crippen LogP contribution is -2.54. The standard InChI is InChI=1S/C13H20N2O2S/c1-5-10-7-6-8-11-12(10)14-9-13(2,3)15(11)18(4,16)17/h6-8,14H,5,9H2,1-4H3. The molecule has 4 nitrogen and oxygen atoms in total. The van der Waals surface area contributed by atoms with Crippen molar-refractivity contribution in [3.63, 3.8) is 0 Å². The van der Waals surface area contributed by atoms with Gasteiger partial charge in [0.25, 0.3) is 0 Å². The average Bonchev–Trinajstić information content (AvgIpc) is 2.24. The summed E-state index contributed by atoms with van der Waals surface area (Å²) < 4.78 is 25.7. The topological polar surface area (TPSA) is 49.4 Å². The molecule has 1 heterocycles. The van der Waals surface area contributed by atoms with Gasteiger partial charge in [-0.15, -0.1) is 0 Å². The molecule has 0 spiro atoms. The summed E-state index contributed by atoms with van der Waals surface area (Å²) in [4.78, 5) is 0. The Morgan fingerprint density at radius 3 is 2.61 bits per heavy atom. The van der Waals surface area contributed by atoms with Crippen LogP contribution in [-0.4, -0.2) is 26.8 Å². The molecule has 5 heteroatoms. The molecular formula is C13H20N2O2S. The number of anilines is 2. The van der Waals surface area contributed by atoms with E-state index in [0.717, 1.165) is 23.4 Å². The maximum Gasteiger partial charge on any atom is 0.232 e. The van der Waals surface area contributed by atoms with Crippen molar-refractivity contribution in [2.45, 2.75) is 32.7 Å². The fourth-order valence-corrected chi connectivity index (χ4v) is 4.06. The summed E-state index contributed by atoms with van der Waals surface area (Å²) in [5.41, 5.74) is 2.40. The zero-order chi connectivity index (χ0) is 13.6. The minimum atomic E-state index is -3.28. The molecule has 0 amide bonds. The van der Waals surface area contributed by atoms with Gasteiger partial charge in [0, 0.05) is 6.54 Å². The van der Waals surface area contributed by atoms with Gasteiger partial charge in [0.15, 0.2) is 0 Å². The Morgan fingerprint density at radius 2 is 2.06 bits per heavy atom. The molecule has 0 fully saturated rings. The van der Waals surface area contributed by atoms with E-state index in [4.69, 9.17) is 0 Å². The number of hydrogen-bond acceptors (Lipinski definition) is 3. The smallest absolute Gasteiger partial charge is 0.232 e. The quantitative estimate of drug-likeness (QED) is 0.894. The Balaban J connectivity index is 2.67. The predicted molar refractivity (Wildman–Crippen MR) is 75.7 cm³/mol. The van der Waals surface area contributed by atoms with Gasteiger partial charge in [0.05, 0.1) is 23.2 Å². The van der Waals surface area contributed by atoms with Crippen LogP contribution in [0.25, 0.3) is 0 Å². The van der Waals surface area contributed by atoms with E-state index in [1.165, 1.54) is 10.6 Å². The lowest BCUT2D eigenvalue weighted by Gasteiger charge is -2.44. The van der Waals surface area contributed by atoms with E-state index in [9.17, 15) is 8.42 Å². The second-order valence-corrected chi connectivity index (χ2v) is 7.19. The molecular weight excluding hydrogens is 248 g/mol. The van der Waals surface area contributed by atoms with E-state index in [1.807, 2.05) is 32.0 Å². The van der Waals surface area contributed by atoms with Crippen LogP contribution in [0.5, 0.6) is 0 Å². The Labute approximate surface area is 109 Å². The van der Waals surface area contributed by atoms with E-state index < -0.39 is 15.6 Å². The first-order valence-electron chi connectivity index (χ1n) is 6.13. The molecule has 0 atom stereocenters. The number of nitrogens with zero attached hydrogens (tertiary/aromatic N) is 1. The minimum Gasteiger partial charge on any atom is -0.381 e. The Kier molecular flexibility index (Phi) is 3.05. The van der Waals surface area contributed by atoms with Crippen LogP contribution in [0.15, 0.2) is 18.2 Å². The molecule has 0 bridgehead atoms. The van der Waals surface area contributed by atoms with E-state index in [2.05, 4.69) is 12.2 Å². The van der Waals surface area contributed by atoms with Crippen LogP contribution in [0.1, 0.15) is 26.3 Å². The predicted octanol–water partition coefficient (Wildman–Crippen LogP) is 2.22. The van der Waals surface area contributed by atoms with Crippen LogP contribution < -0.4 is 9.62 Å². The van der Waals surface area contributed by atoms with Crippen molar-refractivity contribution in [2.75, 3.05) is 22.4 Å². The molecule has 2 rings (SSSR count). The maximum absolute atomic E-state index is 12.1. The normalized spacial score (nSPS) is 18.1.